The third kappa shape index (κ3) is 5.14. The van der Waals surface area contributed by atoms with Crippen LogP contribution in [0.2, 0.25) is 0 Å². The summed E-state index contributed by atoms with van der Waals surface area (Å²) in [6, 6.07) is 11.0. The van der Waals surface area contributed by atoms with Crippen LogP contribution in [0.1, 0.15) is 62.1 Å². The van der Waals surface area contributed by atoms with Gasteiger partial charge < -0.3 is 15.2 Å². The molecule has 30 heavy (non-hydrogen) atoms. The predicted octanol–water partition coefficient (Wildman–Crippen LogP) is 5.77. The second-order valence-corrected chi connectivity index (χ2v) is 7.69. The minimum absolute atomic E-state index is 0.122. The molecule has 0 saturated heterocycles. The highest BCUT2D eigenvalue weighted by Crippen LogP contribution is 2.37. The third-order valence-corrected chi connectivity index (χ3v) is 5.65. The van der Waals surface area contributed by atoms with Crippen molar-refractivity contribution < 1.29 is 27.8 Å². The SMILES string of the molecule is CCC(O)(c1ccc(OC(=O)NC2CCCCC2)cc1)c1cccc(C(F)(F)F)c1. The Kier molecular flexibility index (Phi) is 6.71. The fraction of sp³-hybridized carbons (Fsp3) is 0.435. The van der Waals surface area contributed by atoms with Crippen molar-refractivity contribution in [3.63, 3.8) is 0 Å². The van der Waals surface area contributed by atoms with E-state index in [1.807, 2.05) is 0 Å². The maximum Gasteiger partial charge on any atom is 0.416 e. The Morgan fingerprint density at radius 1 is 1.03 bits per heavy atom. The van der Waals surface area contributed by atoms with Gasteiger partial charge in [-0.15, -0.1) is 0 Å². The van der Waals surface area contributed by atoms with E-state index in [1.165, 1.54) is 30.7 Å². The Morgan fingerprint density at radius 2 is 1.67 bits per heavy atom. The van der Waals surface area contributed by atoms with Crippen molar-refractivity contribution in [2.24, 2.45) is 0 Å². The summed E-state index contributed by atoms with van der Waals surface area (Å²) < 4.78 is 44.5. The molecule has 3 rings (SSSR count). The number of nitrogens with one attached hydrogen (secondary N) is 1. The van der Waals surface area contributed by atoms with Crippen LogP contribution in [-0.4, -0.2) is 17.2 Å². The standard InChI is InChI=1S/C23H26F3NO3/c1-2-22(29,17-7-6-8-18(15-17)23(24,25)26)16-11-13-20(14-12-16)30-21(28)27-19-9-4-3-5-10-19/h6-8,11-15,19,29H,2-5,9-10H2,1H3,(H,27,28). The summed E-state index contributed by atoms with van der Waals surface area (Å²) in [5.41, 5.74) is -1.83. The van der Waals surface area contributed by atoms with Gasteiger partial charge in [0, 0.05) is 6.04 Å². The molecule has 1 unspecified atom stereocenters. The lowest BCUT2D eigenvalue weighted by Gasteiger charge is -2.29. The van der Waals surface area contributed by atoms with Crippen molar-refractivity contribution in [2.45, 2.75) is 63.3 Å². The minimum atomic E-state index is -4.49. The smallest absolute Gasteiger partial charge is 0.410 e. The average Bonchev–Trinajstić information content (AvgIpc) is 2.74. The molecule has 2 aromatic carbocycles. The number of hydrogen-bond acceptors (Lipinski definition) is 3. The van der Waals surface area contributed by atoms with E-state index in [4.69, 9.17) is 4.74 Å². The Balaban J connectivity index is 1.74. The molecule has 0 aromatic heterocycles. The van der Waals surface area contributed by atoms with Gasteiger partial charge in [0.1, 0.15) is 11.4 Å². The summed E-state index contributed by atoms with van der Waals surface area (Å²) in [7, 11) is 0. The van der Waals surface area contributed by atoms with Crippen LogP contribution in [0, 0.1) is 0 Å². The maximum absolute atomic E-state index is 13.1. The molecule has 4 nitrogen and oxygen atoms in total. The van der Waals surface area contributed by atoms with E-state index in [9.17, 15) is 23.1 Å². The lowest BCUT2D eigenvalue weighted by Crippen LogP contribution is -2.38. The molecule has 1 amide bonds. The summed E-state index contributed by atoms with van der Waals surface area (Å²) in [5.74, 6) is 0.301. The molecule has 2 N–H and O–H groups in total. The van der Waals surface area contributed by atoms with Crippen LogP contribution in [-0.2, 0) is 11.8 Å². The zero-order valence-electron chi connectivity index (χ0n) is 16.8. The van der Waals surface area contributed by atoms with Crippen molar-refractivity contribution in [1.29, 1.82) is 0 Å². The van der Waals surface area contributed by atoms with Gasteiger partial charge in [0.15, 0.2) is 0 Å². The summed E-state index contributed by atoms with van der Waals surface area (Å²) in [4.78, 5) is 12.1. The average molecular weight is 421 g/mol. The second kappa shape index (κ2) is 9.08. The molecule has 1 saturated carbocycles. The molecule has 2 aromatic rings. The molecule has 0 radical (unpaired) electrons. The molecule has 0 heterocycles. The number of carbonyl (C=O) groups is 1. The van der Waals surface area contributed by atoms with E-state index in [1.54, 1.807) is 19.1 Å². The van der Waals surface area contributed by atoms with Crippen molar-refractivity contribution in [2.75, 3.05) is 0 Å². The number of amides is 1. The van der Waals surface area contributed by atoms with E-state index >= 15 is 0 Å². The van der Waals surface area contributed by atoms with Gasteiger partial charge in [0.05, 0.1) is 5.56 Å². The van der Waals surface area contributed by atoms with Crippen molar-refractivity contribution >= 4 is 6.09 Å². The maximum atomic E-state index is 13.1. The Morgan fingerprint density at radius 3 is 2.27 bits per heavy atom. The van der Waals surface area contributed by atoms with Crippen LogP contribution in [0.15, 0.2) is 48.5 Å². The first kappa shape index (κ1) is 22.2. The molecule has 1 aliphatic carbocycles. The first-order valence-corrected chi connectivity index (χ1v) is 10.2. The van der Waals surface area contributed by atoms with Crippen molar-refractivity contribution in [3.8, 4) is 5.75 Å². The topological polar surface area (TPSA) is 58.6 Å². The number of benzene rings is 2. The molecule has 162 valence electrons. The molecular formula is C23H26F3NO3. The highest BCUT2D eigenvalue weighted by atomic mass is 19.4. The van der Waals surface area contributed by atoms with Crippen LogP contribution in [0.25, 0.3) is 0 Å². The summed E-state index contributed by atoms with van der Waals surface area (Å²) >= 11 is 0. The van der Waals surface area contributed by atoms with E-state index in [0.717, 1.165) is 37.8 Å². The molecule has 7 heteroatoms. The zero-order chi connectivity index (χ0) is 21.8. The number of halogens is 3. The van der Waals surface area contributed by atoms with Crippen LogP contribution < -0.4 is 10.1 Å². The number of carbonyl (C=O) groups excluding carboxylic acids is 1. The van der Waals surface area contributed by atoms with Crippen LogP contribution in [0.5, 0.6) is 5.75 Å². The van der Waals surface area contributed by atoms with Gasteiger partial charge in [-0.2, -0.15) is 13.2 Å². The Bertz CT molecular complexity index is 861. The van der Waals surface area contributed by atoms with Gasteiger partial charge in [-0.3, -0.25) is 0 Å². The van der Waals surface area contributed by atoms with E-state index in [2.05, 4.69) is 5.32 Å². The lowest BCUT2D eigenvalue weighted by atomic mass is 9.83. The van der Waals surface area contributed by atoms with Gasteiger partial charge in [0.25, 0.3) is 0 Å². The minimum Gasteiger partial charge on any atom is -0.410 e. The van der Waals surface area contributed by atoms with E-state index in [0.29, 0.717) is 11.3 Å². The van der Waals surface area contributed by atoms with E-state index in [-0.39, 0.29) is 18.0 Å². The lowest BCUT2D eigenvalue weighted by molar-refractivity contribution is -0.137. The fourth-order valence-corrected chi connectivity index (χ4v) is 3.88. The fourth-order valence-electron chi connectivity index (χ4n) is 3.88. The summed E-state index contributed by atoms with van der Waals surface area (Å²) in [6.07, 6.45) is 0.392. The first-order chi connectivity index (χ1) is 14.2. The van der Waals surface area contributed by atoms with Crippen LogP contribution in [0.3, 0.4) is 0 Å². The molecule has 1 aliphatic rings. The second-order valence-electron chi connectivity index (χ2n) is 7.69. The summed E-state index contributed by atoms with van der Waals surface area (Å²) in [5, 5.41) is 14.0. The quantitative estimate of drug-likeness (QED) is 0.644. The predicted molar refractivity (Wildman–Crippen MR) is 107 cm³/mol. The molecule has 1 fully saturated rings. The number of alkyl halides is 3. The van der Waals surface area contributed by atoms with Crippen LogP contribution in [0.4, 0.5) is 18.0 Å². The van der Waals surface area contributed by atoms with Crippen molar-refractivity contribution in [3.05, 3.63) is 65.2 Å². The molecule has 0 bridgehead atoms. The van der Waals surface area contributed by atoms with Gasteiger partial charge in [-0.05, 0) is 54.7 Å². The third-order valence-electron chi connectivity index (χ3n) is 5.65. The highest BCUT2D eigenvalue weighted by Gasteiger charge is 2.35. The van der Waals surface area contributed by atoms with E-state index < -0.39 is 23.4 Å². The van der Waals surface area contributed by atoms with Crippen molar-refractivity contribution in [1.82, 2.24) is 5.32 Å². The number of rotatable bonds is 5. The Labute approximate surface area is 174 Å². The van der Waals surface area contributed by atoms with Gasteiger partial charge in [-0.1, -0.05) is 50.5 Å². The molecular weight excluding hydrogens is 395 g/mol. The summed E-state index contributed by atoms with van der Waals surface area (Å²) in [6.45, 7) is 1.70. The normalized spacial score (nSPS) is 17.2. The van der Waals surface area contributed by atoms with Gasteiger partial charge >= 0.3 is 12.3 Å². The molecule has 0 aliphatic heterocycles. The highest BCUT2D eigenvalue weighted by molar-refractivity contribution is 5.70. The first-order valence-electron chi connectivity index (χ1n) is 10.2. The van der Waals surface area contributed by atoms with Gasteiger partial charge in [0.2, 0.25) is 0 Å². The number of aliphatic hydroxyl groups is 1. The zero-order valence-corrected chi connectivity index (χ0v) is 16.8. The number of ether oxygens (including phenoxy) is 1. The molecule has 1 atom stereocenters. The largest absolute Gasteiger partial charge is 0.416 e. The van der Waals surface area contributed by atoms with Crippen LogP contribution >= 0.6 is 0 Å². The Hall–Kier alpha value is -2.54. The molecule has 0 spiro atoms. The van der Waals surface area contributed by atoms with Gasteiger partial charge in [-0.25, -0.2) is 4.79 Å². The monoisotopic (exact) mass is 421 g/mol. The number of hydrogen-bond donors (Lipinski definition) is 2.